The molecule has 0 saturated carbocycles. The van der Waals surface area contributed by atoms with Crippen LogP contribution in [0.15, 0.2) is 53.1 Å². The first kappa shape index (κ1) is 16.9. The standard InChI is InChI=1S/C19H17N3O5/c1-24-13-8-6-12(7-9-13)18-21-17(27-22-18)10-20-19(23)16-11-25-14-4-2-3-5-15(14)26-16/h2-9,16H,10-11H2,1H3,(H,20,23). The topological polar surface area (TPSA) is 95.7 Å². The van der Waals surface area contributed by atoms with E-state index in [4.69, 9.17) is 18.7 Å². The van der Waals surface area contributed by atoms with Crippen molar-refractivity contribution in [3.63, 3.8) is 0 Å². The summed E-state index contributed by atoms with van der Waals surface area (Å²) < 4.78 is 21.5. The van der Waals surface area contributed by atoms with E-state index >= 15 is 0 Å². The lowest BCUT2D eigenvalue weighted by molar-refractivity contribution is -0.130. The molecule has 8 nitrogen and oxygen atoms in total. The number of carbonyl (C=O) groups is 1. The molecule has 1 N–H and O–H groups in total. The lowest BCUT2D eigenvalue weighted by Gasteiger charge is -2.25. The van der Waals surface area contributed by atoms with Crippen LogP contribution in [-0.4, -0.2) is 35.9 Å². The van der Waals surface area contributed by atoms with Crippen molar-refractivity contribution in [2.75, 3.05) is 13.7 Å². The predicted octanol–water partition coefficient (Wildman–Crippen LogP) is 2.20. The van der Waals surface area contributed by atoms with Gasteiger partial charge in [0, 0.05) is 5.56 Å². The van der Waals surface area contributed by atoms with E-state index in [1.165, 1.54) is 0 Å². The van der Waals surface area contributed by atoms with Crippen LogP contribution in [0.5, 0.6) is 17.2 Å². The van der Waals surface area contributed by atoms with Crippen molar-refractivity contribution in [2.24, 2.45) is 0 Å². The number of carbonyl (C=O) groups excluding carboxylic acids is 1. The second kappa shape index (κ2) is 7.36. The van der Waals surface area contributed by atoms with Gasteiger partial charge in [-0.15, -0.1) is 0 Å². The highest BCUT2D eigenvalue weighted by molar-refractivity contribution is 5.81. The van der Waals surface area contributed by atoms with Crippen molar-refractivity contribution in [3.05, 3.63) is 54.4 Å². The summed E-state index contributed by atoms with van der Waals surface area (Å²) >= 11 is 0. The molecule has 1 aromatic heterocycles. The third-order valence-electron chi connectivity index (χ3n) is 4.03. The number of nitrogens with one attached hydrogen (secondary N) is 1. The summed E-state index contributed by atoms with van der Waals surface area (Å²) in [6.45, 7) is 0.243. The molecule has 0 spiro atoms. The van der Waals surface area contributed by atoms with Crippen molar-refractivity contribution in [3.8, 4) is 28.6 Å². The summed E-state index contributed by atoms with van der Waals surface area (Å²) in [6, 6.07) is 14.5. The first-order valence-corrected chi connectivity index (χ1v) is 8.36. The number of hydrogen-bond acceptors (Lipinski definition) is 7. The van der Waals surface area contributed by atoms with Gasteiger partial charge in [0.05, 0.1) is 13.7 Å². The Morgan fingerprint density at radius 3 is 2.74 bits per heavy atom. The molecule has 8 heteroatoms. The predicted molar refractivity (Wildman–Crippen MR) is 94.5 cm³/mol. The van der Waals surface area contributed by atoms with Gasteiger partial charge >= 0.3 is 0 Å². The van der Waals surface area contributed by atoms with Gasteiger partial charge in [0.2, 0.25) is 17.8 Å². The Labute approximate surface area is 155 Å². The van der Waals surface area contributed by atoms with Gasteiger partial charge in [-0.25, -0.2) is 0 Å². The van der Waals surface area contributed by atoms with E-state index in [0.29, 0.717) is 23.2 Å². The number of amides is 1. The molecule has 1 amide bonds. The van der Waals surface area contributed by atoms with Gasteiger partial charge in [0.25, 0.3) is 5.91 Å². The minimum atomic E-state index is -0.733. The quantitative estimate of drug-likeness (QED) is 0.738. The van der Waals surface area contributed by atoms with Crippen LogP contribution in [0.2, 0.25) is 0 Å². The summed E-state index contributed by atoms with van der Waals surface area (Å²) in [5.74, 6) is 2.34. The van der Waals surface area contributed by atoms with Crippen LogP contribution in [0.4, 0.5) is 0 Å². The third kappa shape index (κ3) is 3.69. The smallest absolute Gasteiger partial charge is 0.265 e. The van der Waals surface area contributed by atoms with Crippen LogP contribution in [0.25, 0.3) is 11.4 Å². The molecule has 1 unspecified atom stereocenters. The van der Waals surface area contributed by atoms with Crippen LogP contribution < -0.4 is 19.5 Å². The number of aromatic nitrogens is 2. The first-order valence-electron chi connectivity index (χ1n) is 8.36. The number of nitrogens with zero attached hydrogens (tertiary/aromatic N) is 2. The summed E-state index contributed by atoms with van der Waals surface area (Å²) in [5, 5.41) is 6.65. The SMILES string of the molecule is COc1ccc(-c2noc(CNC(=O)C3COc4ccccc4O3)n2)cc1. The molecule has 2 aromatic carbocycles. The minimum absolute atomic E-state index is 0.101. The average Bonchev–Trinajstić information content (AvgIpc) is 3.21. The number of hydrogen-bond donors (Lipinski definition) is 1. The highest BCUT2D eigenvalue weighted by atomic mass is 16.6. The minimum Gasteiger partial charge on any atom is -0.497 e. The fraction of sp³-hybridized carbons (Fsp3) is 0.211. The maximum absolute atomic E-state index is 12.3. The van der Waals surface area contributed by atoms with E-state index in [0.717, 1.165) is 11.3 Å². The molecule has 3 aromatic rings. The molecule has 2 heterocycles. The number of ether oxygens (including phenoxy) is 3. The van der Waals surface area contributed by atoms with E-state index < -0.39 is 6.10 Å². The number of fused-ring (bicyclic) bond motifs is 1. The van der Waals surface area contributed by atoms with Gasteiger partial charge in [-0.3, -0.25) is 4.79 Å². The molecule has 0 aliphatic carbocycles. The summed E-state index contributed by atoms with van der Waals surface area (Å²) in [4.78, 5) is 16.6. The highest BCUT2D eigenvalue weighted by Gasteiger charge is 2.27. The van der Waals surface area contributed by atoms with Crippen molar-refractivity contribution in [1.82, 2.24) is 15.5 Å². The Bertz CT molecular complexity index is 939. The van der Waals surface area contributed by atoms with Gasteiger partial charge < -0.3 is 24.1 Å². The van der Waals surface area contributed by atoms with Crippen LogP contribution in [-0.2, 0) is 11.3 Å². The summed E-state index contributed by atoms with van der Waals surface area (Å²) in [7, 11) is 1.60. The van der Waals surface area contributed by atoms with Crippen molar-refractivity contribution in [2.45, 2.75) is 12.6 Å². The molecule has 0 bridgehead atoms. The summed E-state index contributed by atoms with van der Waals surface area (Å²) in [5.41, 5.74) is 0.790. The summed E-state index contributed by atoms with van der Waals surface area (Å²) in [6.07, 6.45) is -0.733. The largest absolute Gasteiger partial charge is 0.497 e. The Hall–Kier alpha value is -3.55. The van der Waals surface area contributed by atoms with Crippen molar-refractivity contribution >= 4 is 5.91 Å². The average molecular weight is 367 g/mol. The van der Waals surface area contributed by atoms with Crippen molar-refractivity contribution in [1.29, 1.82) is 0 Å². The van der Waals surface area contributed by atoms with Crippen LogP contribution in [0, 0.1) is 0 Å². The zero-order valence-corrected chi connectivity index (χ0v) is 14.5. The lowest BCUT2D eigenvalue weighted by Crippen LogP contribution is -2.43. The molecule has 0 saturated heterocycles. The first-order chi connectivity index (χ1) is 13.2. The molecule has 1 aliphatic rings. The van der Waals surface area contributed by atoms with E-state index in [1.807, 2.05) is 36.4 Å². The number of benzene rings is 2. The molecule has 138 valence electrons. The Morgan fingerprint density at radius 1 is 1.19 bits per heavy atom. The maximum atomic E-state index is 12.3. The fourth-order valence-corrected chi connectivity index (χ4v) is 2.61. The highest BCUT2D eigenvalue weighted by Crippen LogP contribution is 2.30. The normalized spacial score (nSPS) is 15.2. The van der Waals surface area contributed by atoms with Crippen LogP contribution in [0.1, 0.15) is 5.89 Å². The number of methoxy groups -OCH3 is 1. The lowest BCUT2D eigenvalue weighted by atomic mass is 10.2. The zero-order chi connectivity index (χ0) is 18.6. The maximum Gasteiger partial charge on any atom is 0.265 e. The van der Waals surface area contributed by atoms with Gasteiger partial charge in [0.15, 0.2) is 11.5 Å². The Kier molecular flexibility index (Phi) is 4.61. The Morgan fingerprint density at radius 2 is 1.96 bits per heavy atom. The van der Waals surface area contributed by atoms with E-state index in [2.05, 4.69) is 15.5 Å². The van der Waals surface area contributed by atoms with Crippen LogP contribution >= 0.6 is 0 Å². The van der Waals surface area contributed by atoms with E-state index in [1.54, 1.807) is 19.2 Å². The van der Waals surface area contributed by atoms with Crippen LogP contribution in [0.3, 0.4) is 0 Å². The molecule has 1 atom stereocenters. The van der Waals surface area contributed by atoms with Gasteiger partial charge in [-0.1, -0.05) is 17.3 Å². The molecular weight excluding hydrogens is 350 g/mol. The number of rotatable bonds is 5. The van der Waals surface area contributed by atoms with Gasteiger partial charge in [-0.2, -0.15) is 4.98 Å². The van der Waals surface area contributed by atoms with Gasteiger partial charge in [0.1, 0.15) is 12.4 Å². The second-order valence-electron chi connectivity index (χ2n) is 5.82. The van der Waals surface area contributed by atoms with E-state index in [9.17, 15) is 4.79 Å². The molecule has 0 fully saturated rings. The van der Waals surface area contributed by atoms with E-state index in [-0.39, 0.29) is 19.1 Å². The molecular formula is C19H17N3O5. The van der Waals surface area contributed by atoms with Gasteiger partial charge in [-0.05, 0) is 36.4 Å². The zero-order valence-electron chi connectivity index (χ0n) is 14.5. The molecule has 4 rings (SSSR count). The third-order valence-corrected chi connectivity index (χ3v) is 4.03. The Balaban J connectivity index is 1.35. The molecule has 1 aliphatic heterocycles. The molecule has 27 heavy (non-hydrogen) atoms. The van der Waals surface area contributed by atoms with Crippen molar-refractivity contribution < 1.29 is 23.5 Å². The molecule has 0 radical (unpaired) electrons. The second-order valence-corrected chi connectivity index (χ2v) is 5.82. The number of para-hydroxylation sites is 2. The monoisotopic (exact) mass is 367 g/mol. The fourth-order valence-electron chi connectivity index (χ4n) is 2.61.